The summed E-state index contributed by atoms with van der Waals surface area (Å²) in [5, 5.41) is 2.78. The normalized spacial score (nSPS) is 14.9. The smallest absolute Gasteiger partial charge is 0.258 e. The average Bonchev–Trinajstić information content (AvgIpc) is 3.48. The molecular weight excluding hydrogens is 310 g/mol. The van der Waals surface area contributed by atoms with Crippen molar-refractivity contribution in [2.75, 3.05) is 5.32 Å². The number of rotatable bonds is 6. The number of hydrogen-bond acceptors (Lipinski definition) is 3. The van der Waals surface area contributed by atoms with Gasteiger partial charge in [-0.3, -0.25) is 9.78 Å². The van der Waals surface area contributed by atoms with Crippen LogP contribution >= 0.6 is 0 Å². The zero-order valence-corrected chi connectivity index (χ0v) is 14.3. The summed E-state index contributed by atoms with van der Waals surface area (Å²) in [5.74, 6) is 0.971. The van der Waals surface area contributed by atoms with Crippen molar-refractivity contribution in [3.8, 4) is 0 Å². The van der Waals surface area contributed by atoms with Crippen LogP contribution in [0.15, 0.2) is 73.2 Å². The molecule has 0 aliphatic heterocycles. The Morgan fingerprint density at radius 3 is 2.68 bits per heavy atom. The maximum atomic E-state index is 12.1. The molecule has 1 fully saturated rings. The van der Waals surface area contributed by atoms with Gasteiger partial charge in [-0.05, 0) is 66.7 Å². The highest BCUT2D eigenvalue weighted by atomic mass is 16.1. The van der Waals surface area contributed by atoms with Crippen molar-refractivity contribution in [3.05, 3.63) is 84.4 Å². The summed E-state index contributed by atoms with van der Waals surface area (Å²) in [6, 6.07) is 7.23. The molecule has 4 nitrogen and oxygen atoms in total. The highest BCUT2D eigenvalue weighted by Crippen LogP contribution is 2.38. The fourth-order valence-corrected chi connectivity index (χ4v) is 2.57. The number of nitrogens with zero attached hydrogens (tertiary/aromatic N) is 2. The van der Waals surface area contributed by atoms with Crippen LogP contribution in [0.5, 0.6) is 0 Å². The summed E-state index contributed by atoms with van der Waals surface area (Å²) in [4.78, 5) is 20.4. The molecule has 0 saturated heterocycles. The van der Waals surface area contributed by atoms with Crippen molar-refractivity contribution >= 4 is 17.3 Å². The van der Waals surface area contributed by atoms with Crippen molar-refractivity contribution in [3.63, 3.8) is 0 Å². The zero-order chi connectivity index (χ0) is 17.6. The molecule has 2 heterocycles. The fraction of sp³-hybridized carbons (Fsp3) is 0.190. The van der Waals surface area contributed by atoms with Crippen LogP contribution in [0.2, 0.25) is 0 Å². The summed E-state index contributed by atoms with van der Waals surface area (Å²) in [7, 11) is 0. The summed E-state index contributed by atoms with van der Waals surface area (Å²) >= 11 is 0. The number of aromatic nitrogens is 2. The Balaban J connectivity index is 1.70. The second-order valence-electron chi connectivity index (χ2n) is 6.13. The minimum atomic E-state index is -0.217. The molecule has 126 valence electrons. The molecule has 4 heteroatoms. The van der Waals surface area contributed by atoms with Crippen molar-refractivity contribution in [1.82, 2.24) is 9.97 Å². The summed E-state index contributed by atoms with van der Waals surface area (Å²) < 4.78 is 0. The van der Waals surface area contributed by atoms with Gasteiger partial charge in [-0.1, -0.05) is 24.8 Å². The van der Waals surface area contributed by atoms with Crippen LogP contribution in [-0.2, 0) is 0 Å². The fourth-order valence-electron chi connectivity index (χ4n) is 2.57. The van der Waals surface area contributed by atoms with Crippen molar-refractivity contribution < 1.29 is 4.79 Å². The number of carbonyl (C=O) groups is 1. The van der Waals surface area contributed by atoms with Gasteiger partial charge in [0.15, 0.2) is 0 Å². The van der Waals surface area contributed by atoms with Gasteiger partial charge in [-0.2, -0.15) is 0 Å². The van der Waals surface area contributed by atoms with Crippen LogP contribution in [0.1, 0.15) is 35.7 Å². The van der Waals surface area contributed by atoms with Crippen LogP contribution in [0, 0.1) is 5.92 Å². The van der Waals surface area contributed by atoms with Gasteiger partial charge in [0.2, 0.25) is 0 Å². The van der Waals surface area contributed by atoms with Crippen LogP contribution < -0.4 is 5.32 Å². The second-order valence-corrected chi connectivity index (χ2v) is 6.13. The van der Waals surface area contributed by atoms with E-state index in [1.54, 1.807) is 24.5 Å². The van der Waals surface area contributed by atoms with E-state index >= 15 is 0 Å². The Labute approximate surface area is 148 Å². The highest BCUT2D eigenvalue weighted by Gasteiger charge is 2.24. The van der Waals surface area contributed by atoms with E-state index in [4.69, 9.17) is 0 Å². The summed E-state index contributed by atoms with van der Waals surface area (Å²) in [6.07, 6.45) is 13.6. The number of nitrogens with one attached hydrogen (secondary N) is 1. The van der Waals surface area contributed by atoms with E-state index < -0.39 is 0 Å². The minimum absolute atomic E-state index is 0.217. The largest absolute Gasteiger partial charge is 0.307 e. The standard InChI is InChI=1S/C21H21N3O/c1-3-5-17(16-7-8-16)12-15(2)18-9-10-20(23-14-18)24-21(25)19-6-4-11-22-13-19/h3-6,9-14,16H,1,7-8H2,2H3,(H,23,24,25)/b15-12+,17-5+. The lowest BCUT2D eigenvalue weighted by Gasteiger charge is -2.07. The lowest BCUT2D eigenvalue weighted by atomic mass is 10.0. The molecule has 0 radical (unpaired) electrons. The lowest BCUT2D eigenvalue weighted by molar-refractivity contribution is 0.102. The quantitative estimate of drug-likeness (QED) is 0.784. The van der Waals surface area contributed by atoms with Crippen LogP contribution in [-0.4, -0.2) is 15.9 Å². The maximum absolute atomic E-state index is 12.1. The van der Waals surface area contributed by atoms with Crippen LogP contribution in [0.4, 0.5) is 5.82 Å². The van der Waals surface area contributed by atoms with Crippen LogP contribution in [0.25, 0.3) is 5.57 Å². The topological polar surface area (TPSA) is 54.9 Å². The molecule has 0 unspecified atom stereocenters. The van der Waals surface area contributed by atoms with Gasteiger partial charge in [-0.25, -0.2) is 4.98 Å². The molecule has 1 aliphatic carbocycles. The number of anilines is 1. The van der Waals surface area contributed by atoms with Gasteiger partial charge in [0.1, 0.15) is 5.82 Å². The van der Waals surface area contributed by atoms with Crippen molar-refractivity contribution in [1.29, 1.82) is 0 Å². The third kappa shape index (κ3) is 4.51. The molecule has 25 heavy (non-hydrogen) atoms. The molecular formula is C21H21N3O. The van der Waals surface area contributed by atoms with E-state index in [1.807, 2.05) is 18.2 Å². The predicted octanol–water partition coefficient (Wildman–Crippen LogP) is 4.65. The SMILES string of the molecule is C=C/C=C(\C=C(/C)c1ccc(NC(=O)c2cccnc2)nc1)C1CC1. The second kappa shape index (κ2) is 7.71. The zero-order valence-electron chi connectivity index (χ0n) is 14.3. The van der Waals surface area contributed by atoms with E-state index in [9.17, 15) is 4.79 Å². The summed E-state index contributed by atoms with van der Waals surface area (Å²) in [6.45, 7) is 5.87. The molecule has 0 spiro atoms. The molecule has 1 amide bonds. The molecule has 0 bridgehead atoms. The molecule has 0 atom stereocenters. The maximum Gasteiger partial charge on any atom is 0.258 e. The molecule has 3 rings (SSSR count). The van der Waals surface area contributed by atoms with Gasteiger partial charge in [0, 0.05) is 18.6 Å². The molecule has 1 N–H and O–H groups in total. The minimum Gasteiger partial charge on any atom is -0.307 e. The Morgan fingerprint density at radius 2 is 2.08 bits per heavy atom. The van der Waals surface area contributed by atoms with Gasteiger partial charge >= 0.3 is 0 Å². The molecule has 2 aromatic rings. The van der Waals surface area contributed by atoms with Gasteiger partial charge in [-0.15, -0.1) is 0 Å². The lowest BCUT2D eigenvalue weighted by Crippen LogP contribution is -2.13. The van der Waals surface area contributed by atoms with Crippen molar-refractivity contribution in [2.45, 2.75) is 19.8 Å². The van der Waals surface area contributed by atoms with E-state index in [0.717, 1.165) is 11.1 Å². The predicted molar refractivity (Wildman–Crippen MR) is 101 cm³/mol. The molecule has 1 aliphatic rings. The van der Waals surface area contributed by atoms with E-state index in [-0.39, 0.29) is 5.91 Å². The van der Waals surface area contributed by atoms with Gasteiger partial charge < -0.3 is 5.32 Å². The monoisotopic (exact) mass is 331 g/mol. The van der Waals surface area contributed by atoms with Gasteiger partial charge in [0.25, 0.3) is 5.91 Å². The van der Waals surface area contributed by atoms with Crippen molar-refractivity contribution in [2.24, 2.45) is 5.92 Å². The first-order valence-electron chi connectivity index (χ1n) is 8.36. The van der Waals surface area contributed by atoms with Gasteiger partial charge in [0.05, 0.1) is 5.56 Å². The number of allylic oxidation sites excluding steroid dienone is 5. The Morgan fingerprint density at radius 1 is 1.24 bits per heavy atom. The molecule has 2 aromatic heterocycles. The Bertz CT molecular complexity index is 816. The summed E-state index contributed by atoms with van der Waals surface area (Å²) in [5.41, 5.74) is 4.02. The number of carbonyl (C=O) groups excluding carboxylic acids is 1. The number of hydrogen-bond donors (Lipinski definition) is 1. The third-order valence-corrected chi connectivity index (χ3v) is 4.13. The number of amides is 1. The highest BCUT2D eigenvalue weighted by molar-refractivity contribution is 6.03. The molecule has 0 aromatic carbocycles. The number of pyridine rings is 2. The third-order valence-electron chi connectivity index (χ3n) is 4.13. The Kier molecular flexibility index (Phi) is 5.19. The first-order chi connectivity index (χ1) is 12.2. The Hall–Kier alpha value is -3.01. The van der Waals surface area contributed by atoms with Crippen LogP contribution in [0.3, 0.4) is 0 Å². The van der Waals surface area contributed by atoms with E-state index in [1.165, 1.54) is 24.6 Å². The molecule has 1 saturated carbocycles. The van der Waals surface area contributed by atoms with E-state index in [2.05, 4.69) is 40.9 Å². The first kappa shape index (κ1) is 16.8. The first-order valence-corrected chi connectivity index (χ1v) is 8.36. The average molecular weight is 331 g/mol. The van der Waals surface area contributed by atoms with E-state index in [0.29, 0.717) is 17.3 Å².